The number of hydrogen-bond donors (Lipinski definition) is 1. The van der Waals surface area contributed by atoms with Crippen LogP contribution in [0.2, 0.25) is 0 Å². The van der Waals surface area contributed by atoms with Crippen LogP contribution < -0.4 is 10.1 Å². The third kappa shape index (κ3) is 3.30. The first-order valence-corrected chi connectivity index (χ1v) is 7.80. The Morgan fingerprint density at radius 2 is 1.95 bits per heavy atom. The number of benzene rings is 2. The van der Waals surface area contributed by atoms with Crippen LogP contribution in [0.4, 0.5) is 5.69 Å². The van der Waals surface area contributed by atoms with Crippen molar-refractivity contribution in [3.8, 4) is 5.75 Å². The summed E-state index contributed by atoms with van der Waals surface area (Å²) in [5, 5.41) is 3.00. The number of carbonyl (C=O) groups excluding carboxylic acids is 1. The zero-order valence-corrected chi connectivity index (χ0v) is 12.9. The van der Waals surface area contributed by atoms with Crippen molar-refractivity contribution in [3.63, 3.8) is 0 Å². The van der Waals surface area contributed by atoms with Gasteiger partial charge in [-0.2, -0.15) is 0 Å². The van der Waals surface area contributed by atoms with Crippen molar-refractivity contribution in [2.45, 2.75) is 32.1 Å². The van der Waals surface area contributed by atoms with Gasteiger partial charge in [-0.15, -0.1) is 0 Å². The van der Waals surface area contributed by atoms with Crippen LogP contribution in [0.5, 0.6) is 5.75 Å². The summed E-state index contributed by atoms with van der Waals surface area (Å²) in [5.41, 5.74) is 4.77. The Balaban J connectivity index is 1.58. The molecule has 0 radical (unpaired) electrons. The molecule has 114 valence electrons. The SMILES string of the molecule is COc1ccccc1CCC(=O)Nc1ccc2c(c1)CCC2. The molecule has 0 aromatic heterocycles. The number of aryl methyl sites for hydroxylation is 3. The molecule has 0 spiro atoms. The van der Waals surface area contributed by atoms with E-state index in [0.717, 1.165) is 29.8 Å². The molecule has 3 rings (SSSR count). The van der Waals surface area contributed by atoms with Gasteiger partial charge in [-0.25, -0.2) is 0 Å². The molecular formula is C19H21NO2. The van der Waals surface area contributed by atoms with Crippen molar-refractivity contribution >= 4 is 11.6 Å². The van der Waals surface area contributed by atoms with Crippen LogP contribution in [0, 0.1) is 0 Å². The second-order valence-corrected chi connectivity index (χ2v) is 5.70. The summed E-state index contributed by atoms with van der Waals surface area (Å²) in [5.74, 6) is 0.886. The van der Waals surface area contributed by atoms with Crippen molar-refractivity contribution in [1.29, 1.82) is 0 Å². The smallest absolute Gasteiger partial charge is 0.224 e. The normalized spacial score (nSPS) is 12.8. The number of nitrogens with one attached hydrogen (secondary N) is 1. The van der Waals surface area contributed by atoms with E-state index in [4.69, 9.17) is 4.74 Å². The van der Waals surface area contributed by atoms with E-state index in [1.54, 1.807) is 7.11 Å². The highest BCUT2D eigenvalue weighted by Gasteiger charge is 2.12. The van der Waals surface area contributed by atoms with E-state index in [-0.39, 0.29) is 5.91 Å². The highest BCUT2D eigenvalue weighted by atomic mass is 16.5. The number of rotatable bonds is 5. The number of anilines is 1. The first-order chi connectivity index (χ1) is 10.8. The van der Waals surface area contributed by atoms with Crippen molar-refractivity contribution < 1.29 is 9.53 Å². The van der Waals surface area contributed by atoms with E-state index >= 15 is 0 Å². The quantitative estimate of drug-likeness (QED) is 0.912. The zero-order chi connectivity index (χ0) is 15.4. The number of carbonyl (C=O) groups is 1. The molecule has 0 aliphatic heterocycles. The van der Waals surface area contributed by atoms with Gasteiger partial charge >= 0.3 is 0 Å². The molecule has 0 bridgehead atoms. The summed E-state index contributed by atoms with van der Waals surface area (Å²) in [6.07, 6.45) is 4.65. The number of amides is 1. The zero-order valence-electron chi connectivity index (χ0n) is 12.9. The average molecular weight is 295 g/mol. The molecule has 0 atom stereocenters. The van der Waals surface area contributed by atoms with Gasteiger partial charge in [0.1, 0.15) is 5.75 Å². The molecule has 1 aliphatic rings. The van der Waals surface area contributed by atoms with Gasteiger partial charge in [0.05, 0.1) is 7.11 Å². The Morgan fingerprint density at radius 3 is 2.82 bits per heavy atom. The van der Waals surface area contributed by atoms with E-state index in [0.29, 0.717) is 12.8 Å². The Kier molecular flexibility index (Phi) is 4.42. The fourth-order valence-corrected chi connectivity index (χ4v) is 3.03. The maximum absolute atomic E-state index is 12.1. The molecule has 3 heteroatoms. The van der Waals surface area contributed by atoms with Crippen LogP contribution in [-0.4, -0.2) is 13.0 Å². The van der Waals surface area contributed by atoms with Gasteiger partial charge in [0.25, 0.3) is 0 Å². The highest BCUT2D eigenvalue weighted by molar-refractivity contribution is 5.91. The maximum atomic E-state index is 12.1. The molecule has 0 unspecified atom stereocenters. The first-order valence-electron chi connectivity index (χ1n) is 7.80. The molecule has 2 aromatic rings. The Morgan fingerprint density at radius 1 is 1.14 bits per heavy atom. The van der Waals surface area contributed by atoms with E-state index < -0.39 is 0 Å². The number of methoxy groups -OCH3 is 1. The average Bonchev–Trinajstić information content (AvgIpc) is 3.01. The third-order valence-corrected chi connectivity index (χ3v) is 4.20. The van der Waals surface area contributed by atoms with Crippen LogP contribution >= 0.6 is 0 Å². The first kappa shape index (κ1) is 14.6. The molecule has 0 saturated heterocycles. The summed E-state index contributed by atoms with van der Waals surface area (Å²) < 4.78 is 5.31. The maximum Gasteiger partial charge on any atom is 0.224 e. The molecule has 3 nitrogen and oxygen atoms in total. The van der Waals surface area contributed by atoms with Crippen LogP contribution in [0.25, 0.3) is 0 Å². The van der Waals surface area contributed by atoms with Crippen molar-refractivity contribution in [3.05, 3.63) is 59.2 Å². The fraction of sp³-hybridized carbons (Fsp3) is 0.316. The molecular weight excluding hydrogens is 274 g/mol. The lowest BCUT2D eigenvalue weighted by Gasteiger charge is -2.09. The number of para-hydroxylation sites is 1. The van der Waals surface area contributed by atoms with Crippen LogP contribution in [0.15, 0.2) is 42.5 Å². The molecule has 1 aliphatic carbocycles. The van der Waals surface area contributed by atoms with Gasteiger partial charge < -0.3 is 10.1 Å². The second-order valence-electron chi connectivity index (χ2n) is 5.70. The highest BCUT2D eigenvalue weighted by Crippen LogP contribution is 2.25. The van der Waals surface area contributed by atoms with Gasteiger partial charge in [0.15, 0.2) is 0 Å². The minimum absolute atomic E-state index is 0.0452. The van der Waals surface area contributed by atoms with Crippen molar-refractivity contribution in [2.75, 3.05) is 12.4 Å². The minimum atomic E-state index is 0.0452. The molecule has 1 amide bonds. The lowest BCUT2D eigenvalue weighted by molar-refractivity contribution is -0.116. The largest absolute Gasteiger partial charge is 0.496 e. The second kappa shape index (κ2) is 6.65. The Bertz CT molecular complexity index is 679. The van der Waals surface area contributed by atoms with E-state index in [9.17, 15) is 4.79 Å². The Labute approximate surface area is 131 Å². The number of hydrogen-bond acceptors (Lipinski definition) is 2. The van der Waals surface area contributed by atoms with Crippen LogP contribution in [0.3, 0.4) is 0 Å². The molecule has 0 heterocycles. The lowest BCUT2D eigenvalue weighted by Crippen LogP contribution is -2.12. The van der Waals surface area contributed by atoms with Gasteiger partial charge in [0, 0.05) is 12.1 Å². The molecule has 22 heavy (non-hydrogen) atoms. The van der Waals surface area contributed by atoms with Crippen LogP contribution in [-0.2, 0) is 24.1 Å². The van der Waals surface area contributed by atoms with E-state index in [1.165, 1.54) is 17.5 Å². The third-order valence-electron chi connectivity index (χ3n) is 4.20. The van der Waals surface area contributed by atoms with Crippen molar-refractivity contribution in [1.82, 2.24) is 0 Å². The molecule has 1 N–H and O–H groups in total. The predicted octanol–water partition coefficient (Wildman–Crippen LogP) is 3.76. The predicted molar refractivity (Wildman–Crippen MR) is 88.4 cm³/mol. The summed E-state index contributed by atoms with van der Waals surface area (Å²) >= 11 is 0. The fourth-order valence-electron chi connectivity index (χ4n) is 3.03. The summed E-state index contributed by atoms with van der Waals surface area (Å²) in [6, 6.07) is 14.1. The van der Waals surface area contributed by atoms with Crippen molar-refractivity contribution in [2.24, 2.45) is 0 Å². The van der Waals surface area contributed by atoms with E-state index in [2.05, 4.69) is 17.4 Å². The standard InChI is InChI=1S/C19H21NO2/c1-22-18-8-3-2-5-15(18)10-12-19(21)20-17-11-9-14-6-4-7-16(14)13-17/h2-3,5,8-9,11,13H,4,6-7,10,12H2,1H3,(H,20,21). The van der Waals surface area contributed by atoms with Gasteiger partial charge in [0.2, 0.25) is 5.91 Å². The van der Waals surface area contributed by atoms with Gasteiger partial charge in [-0.1, -0.05) is 24.3 Å². The summed E-state index contributed by atoms with van der Waals surface area (Å²) in [4.78, 5) is 12.1. The van der Waals surface area contributed by atoms with Gasteiger partial charge in [-0.05, 0) is 60.6 Å². The summed E-state index contributed by atoms with van der Waals surface area (Å²) in [7, 11) is 1.66. The Hall–Kier alpha value is -2.29. The van der Waals surface area contributed by atoms with Crippen LogP contribution in [0.1, 0.15) is 29.5 Å². The van der Waals surface area contributed by atoms with Gasteiger partial charge in [-0.3, -0.25) is 4.79 Å². The number of ether oxygens (including phenoxy) is 1. The molecule has 2 aromatic carbocycles. The number of fused-ring (bicyclic) bond motifs is 1. The lowest BCUT2D eigenvalue weighted by atomic mass is 10.1. The monoisotopic (exact) mass is 295 g/mol. The molecule has 0 fully saturated rings. The van der Waals surface area contributed by atoms with E-state index in [1.807, 2.05) is 30.3 Å². The summed E-state index contributed by atoms with van der Waals surface area (Å²) in [6.45, 7) is 0. The minimum Gasteiger partial charge on any atom is -0.496 e. The molecule has 0 saturated carbocycles. The topological polar surface area (TPSA) is 38.3 Å².